The van der Waals surface area contributed by atoms with Gasteiger partial charge in [-0.2, -0.15) is 0 Å². The van der Waals surface area contributed by atoms with E-state index >= 15 is 0 Å². The maximum Gasteiger partial charge on any atom is 0.339 e. The quantitative estimate of drug-likeness (QED) is 0.528. The van der Waals surface area contributed by atoms with Crippen molar-refractivity contribution in [2.45, 2.75) is 6.04 Å². The largest absolute Gasteiger partial charge is 0.479 e. The zero-order valence-electron chi connectivity index (χ0n) is 8.04. The molecule has 0 bridgehead atoms. The van der Waals surface area contributed by atoms with Crippen LogP contribution in [0.25, 0.3) is 0 Å². The fourth-order valence-electron chi connectivity index (χ4n) is 1.03. The van der Waals surface area contributed by atoms with Crippen molar-refractivity contribution >= 4 is 21.8 Å². The van der Waals surface area contributed by atoms with E-state index in [0.29, 0.717) is 0 Å². The predicted octanol–water partition coefficient (Wildman–Crippen LogP) is -1.39. The third-order valence-electron chi connectivity index (χ3n) is 1.61. The Morgan fingerprint density at radius 3 is 2.69 bits per heavy atom. The van der Waals surface area contributed by atoms with Gasteiger partial charge in [0.2, 0.25) is 0 Å². The second-order valence-electron chi connectivity index (χ2n) is 3.02. The van der Waals surface area contributed by atoms with Crippen LogP contribution in [0.4, 0.5) is 4.79 Å². The maximum absolute atomic E-state index is 11.0. The summed E-state index contributed by atoms with van der Waals surface area (Å²) in [5.74, 6) is -1.44. The van der Waals surface area contributed by atoms with Gasteiger partial charge in [0.25, 0.3) is 0 Å². The number of aliphatic carboxylic acids is 1. The number of carbonyl (C=O) groups excluding carboxylic acids is 1. The molecule has 1 aliphatic heterocycles. The van der Waals surface area contributed by atoms with Crippen LogP contribution >= 0.6 is 0 Å². The number of hydrogen-bond donors (Lipinski definition) is 3. The average molecular weight is 250 g/mol. The number of carboxylic acids is 1. The molecule has 0 fully saturated rings. The summed E-state index contributed by atoms with van der Waals surface area (Å²) in [6, 6.07) is -1.42. The average Bonchev–Trinajstić information content (AvgIpc) is 2.44. The number of sulfone groups is 1. The Morgan fingerprint density at radius 2 is 2.19 bits per heavy atom. The number of amides is 2. The molecule has 16 heavy (non-hydrogen) atoms. The number of carbonyl (C=O) groups is 2. The summed E-state index contributed by atoms with van der Waals surface area (Å²) in [7, 11) is -3.23. The number of rotatable bonds is 4. The van der Waals surface area contributed by atoms with Crippen LogP contribution in [0.5, 0.6) is 0 Å². The first-order valence-electron chi connectivity index (χ1n) is 4.20. The maximum atomic E-state index is 11.0. The lowest BCUT2D eigenvalue weighted by molar-refractivity contribution is -0.144. The van der Waals surface area contributed by atoms with Crippen LogP contribution < -0.4 is 10.8 Å². The lowest BCUT2D eigenvalue weighted by Gasteiger charge is -2.10. The van der Waals surface area contributed by atoms with E-state index in [1.54, 1.807) is 0 Å². The molecule has 0 aromatic rings. The summed E-state index contributed by atoms with van der Waals surface area (Å²) in [6.07, 6.45) is 1.33. The molecular formula is C7H10N2O6S. The van der Waals surface area contributed by atoms with Crippen molar-refractivity contribution in [3.63, 3.8) is 0 Å². The van der Waals surface area contributed by atoms with Gasteiger partial charge in [-0.05, 0) is 6.08 Å². The number of hydroxylamine groups is 1. The number of hydrogen-bond acceptors (Lipinski definition) is 5. The van der Waals surface area contributed by atoms with E-state index in [0.717, 1.165) is 5.41 Å². The molecule has 90 valence electrons. The van der Waals surface area contributed by atoms with Crippen molar-refractivity contribution in [2.24, 2.45) is 0 Å². The van der Waals surface area contributed by atoms with E-state index in [1.807, 2.05) is 5.48 Å². The van der Waals surface area contributed by atoms with E-state index in [-0.39, 0.29) is 5.75 Å². The topological polar surface area (TPSA) is 122 Å². The lowest BCUT2D eigenvalue weighted by Crippen LogP contribution is -2.43. The predicted molar refractivity (Wildman–Crippen MR) is 52.0 cm³/mol. The lowest BCUT2D eigenvalue weighted by atomic mass is 10.3. The standard InChI is InChI=1S/C7H10N2O6S/c10-6(11)3-15-9-7(12)8-5-1-2-16(13,14)4-5/h1-2,5H,3-4H2,(H,10,11)(H2,8,9,12). The summed E-state index contributed by atoms with van der Waals surface area (Å²) in [5, 5.41) is 11.5. The molecule has 0 aliphatic carbocycles. The molecule has 1 atom stereocenters. The van der Waals surface area contributed by atoms with Crippen LogP contribution in [0.1, 0.15) is 0 Å². The molecule has 1 aliphatic rings. The van der Waals surface area contributed by atoms with E-state index < -0.39 is 34.5 Å². The van der Waals surface area contributed by atoms with Crippen molar-refractivity contribution in [1.29, 1.82) is 0 Å². The van der Waals surface area contributed by atoms with Crippen molar-refractivity contribution in [2.75, 3.05) is 12.4 Å². The van der Waals surface area contributed by atoms with E-state index in [4.69, 9.17) is 5.11 Å². The van der Waals surface area contributed by atoms with Crippen LogP contribution in [0.3, 0.4) is 0 Å². The second-order valence-corrected chi connectivity index (χ2v) is 4.95. The van der Waals surface area contributed by atoms with E-state index in [1.165, 1.54) is 6.08 Å². The Kier molecular flexibility index (Phi) is 3.85. The molecule has 1 heterocycles. The van der Waals surface area contributed by atoms with Gasteiger partial charge in [0, 0.05) is 5.41 Å². The Morgan fingerprint density at radius 1 is 1.50 bits per heavy atom. The second kappa shape index (κ2) is 4.94. The minimum atomic E-state index is -3.23. The summed E-state index contributed by atoms with van der Waals surface area (Å²) < 4.78 is 21.9. The summed E-state index contributed by atoms with van der Waals surface area (Å²) in [6.45, 7) is -0.674. The highest BCUT2D eigenvalue weighted by Crippen LogP contribution is 2.07. The first-order valence-corrected chi connectivity index (χ1v) is 5.91. The SMILES string of the molecule is O=C(O)CONC(=O)NC1C=CS(=O)(=O)C1. The Bertz CT molecular complexity index is 415. The number of urea groups is 1. The van der Waals surface area contributed by atoms with E-state index in [9.17, 15) is 18.0 Å². The van der Waals surface area contributed by atoms with Gasteiger partial charge >= 0.3 is 12.0 Å². The van der Waals surface area contributed by atoms with Gasteiger partial charge in [-0.15, -0.1) is 0 Å². The first-order chi connectivity index (χ1) is 7.39. The van der Waals surface area contributed by atoms with E-state index in [2.05, 4.69) is 10.2 Å². The molecule has 0 aromatic heterocycles. The summed E-state index contributed by atoms with van der Waals surface area (Å²) in [4.78, 5) is 25.3. The van der Waals surface area contributed by atoms with Crippen LogP contribution in [0.2, 0.25) is 0 Å². The highest BCUT2D eigenvalue weighted by Gasteiger charge is 2.22. The summed E-state index contributed by atoms with van der Waals surface area (Å²) in [5.41, 5.74) is 1.81. The van der Waals surface area contributed by atoms with Crippen molar-refractivity contribution in [3.05, 3.63) is 11.5 Å². The molecule has 8 nitrogen and oxygen atoms in total. The number of carboxylic acid groups (broad SMARTS) is 1. The van der Waals surface area contributed by atoms with Gasteiger partial charge in [-0.1, -0.05) is 0 Å². The molecule has 3 N–H and O–H groups in total. The third kappa shape index (κ3) is 4.28. The molecule has 0 saturated heterocycles. The van der Waals surface area contributed by atoms with Crippen LogP contribution in [-0.2, 0) is 19.5 Å². The van der Waals surface area contributed by atoms with Gasteiger partial charge < -0.3 is 10.4 Å². The zero-order valence-corrected chi connectivity index (χ0v) is 8.86. The van der Waals surface area contributed by atoms with Crippen molar-refractivity contribution in [1.82, 2.24) is 10.8 Å². The number of nitrogens with one attached hydrogen (secondary N) is 2. The molecule has 0 saturated carbocycles. The van der Waals surface area contributed by atoms with Gasteiger partial charge in [-0.3, -0.25) is 4.84 Å². The molecule has 0 radical (unpaired) electrons. The fraction of sp³-hybridized carbons (Fsp3) is 0.429. The van der Waals surface area contributed by atoms with Gasteiger partial charge in [-0.25, -0.2) is 23.5 Å². The Hall–Kier alpha value is -1.61. The van der Waals surface area contributed by atoms with Crippen LogP contribution in [-0.4, -0.2) is 43.9 Å². The molecule has 1 rings (SSSR count). The Labute approximate surface area is 91.1 Å². The molecule has 1 unspecified atom stereocenters. The normalized spacial score (nSPS) is 21.6. The van der Waals surface area contributed by atoms with Gasteiger partial charge in [0.15, 0.2) is 16.4 Å². The first kappa shape index (κ1) is 12.5. The smallest absolute Gasteiger partial charge is 0.339 e. The van der Waals surface area contributed by atoms with Crippen LogP contribution in [0.15, 0.2) is 11.5 Å². The molecular weight excluding hydrogens is 240 g/mol. The molecule has 2 amide bonds. The Balaban J connectivity index is 2.26. The monoisotopic (exact) mass is 250 g/mol. The molecule has 0 aromatic carbocycles. The zero-order chi connectivity index (χ0) is 12.2. The minimum Gasteiger partial charge on any atom is -0.479 e. The summed E-state index contributed by atoms with van der Waals surface area (Å²) >= 11 is 0. The molecule has 0 spiro atoms. The van der Waals surface area contributed by atoms with Crippen LogP contribution in [0, 0.1) is 0 Å². The fourth-order valence-corrected chi connectivity index (χ4v) is 2.26. The van der Waals surface area contributed by atoms with Gasteiger partial charge in [0.05, 0.1) is 11.8 Å². The molecule has 9 heteroatoms. The van der Waals surface area contributed by atoms with Gasteiger partial charge in [0.1, 0.15) is 0 Å². The third-order valence-corrected chi connectivity index (χ3v) is 3.00. The van der Waals surface area contributed by atoms with Crippen molar-refractivity contribution in [3.8, 4) is 0 Å². The highest BCUT2D eigenvalue weighted by molar-refractivity contribution is 7.94. The highest BCUT2D eigenvalue weighted by atomic mass is 32.2. The minimum absolute atomic E-state index is 0.209. The van der Waals surface area contributed by atoms with Crippen molar-refractivity contribution < 1.29 is 28.0 Å².